The fourth-order valence-corrected chi connectivity index (χ4v) is 3.31. The maximum absolute atomic E-state index is 12.5. The summed E-state index contributed by atoms with van der Waals surface area (Å²) in [7, 11) is 0. The van der Waals surface area contributed by atoms with Crippen molar-refractivity contribution < 1.29 is 9.90 Å². The van der Waals surface area contributed by atoms with Crippen molar-refractivity contribution in [1.82, 2.24) is 25.4 Å². The van der Waals surface area contributed by atoms with E-state index < -0.39 is 0 Å². The van der Waals surface area contributed by atoms with Crippen LogP contribution < -0.4 is 5.32 Å². The molecule has 2 atom stereocenters. The highest BCUT2D eigenvalue weighted by molar-refractivity contribution is 5.75. The molecular weight excluding hydrogens is 318 g/mol. The number of aliphatic hydroxyl groups excluding tert-OH is 1. The molecule has 1 fully saturated rings. The third-order valence-electron chi connectivity index (χ3n) is 4.48. The van der Waals surface area contributed by atoms with Gasteiger partial charge in [-0.2, -0.15) is 5.10 Å². The Hall–Kier alpha value is -2.41. The third-order valence-corrected chi connectivity index (χ3v) is 4.48. The van der Waals surface area contributed by atoms with Crippen LogP contribution >= 0.6 is 0 Å². The van der Waals surface area contributed by atoms with E-state index >= 15 is 0 Å². The smallest absolute Gasteiger partial charge is 0.317 e. The number of likely N-dealkylation sites (tertiary alicyclic amines) is 1. The Morgan fingerprint density at radius 2 is 2.36 bits per heavy atom. The van der Waals surface area contributed by atoms with Gasteiger partial charge in [0.15, 0.2) is 5.82 Å². The van der Waals surface area contributed by atoms with Crippen LogP contribution in [-0.2, 0) is 6.54 Å². The maximum Gasteiger partial charge on any atom is 0.317 e. The Balaban J connectivity index is 1.60. The average Bonchev–Trinajstić information content (AvgIpc) is 3.21. The normalized spacial score (nSPS) is 18.4. The average molecular weight is 343 g/mol. The number of benzene rings is 1. The number of rotatable bonds is 5. The highest BCUT2D eigenvalue weighted by atomic mass is 16.3. The van der Waals surface area contributed by atoms with Crippen LogP contribution in [0.2, 0.25) is 0 Å². The van der Waals surface area contributed by atoms with Gasteiger partial charge in [-0.3, -0.25) is 5.10 Å². The Morgan fingerprint density at radius 3 is 3.08 bits per heavy atom. The van der Waals surface area contributed by atoms with Crippen molar-refractivity contribution in [2.75, 3.05) is 6.54 Å². The monoisotopic (exact) mass is 343 g/mol. The Morgan fingerprint density at radius 1 is 1.52 bits per heavy atom. The molecule has 134 valence electrons. The molecule has 2 heterocycles. The zero-order valence-corrected chi connectivity index (χ0v) is 14.7. The van der Waals surface area contributed by atoms with Gasteiger partial charge in [0.2, 0.25) is 0 Å². The van der Waals surface area contributed by atoms with E-state index in [4.69, 9.17) is 0 Å². The zero-order chi connectivity index (χ0) is 17.8. The van der Waals surface area contributed by atoms with E-state index in [0.717, 1.165) is 36.3 Å². The van der Waals surface area contributed by atoms with E-state index in [1.54, 1.807) is 6.92 Å². The molecule has 0 aliphatic carbocycles. The van der Waals surface area contributed by atoms with Gasteiger partial charge in [0.1, 0.15) is 5.82 Å². The molecule has 0 bridgehead atoms. The summed E-state index contributed by atoms with van der Waals surface area (Å²) in [4.78, 5) is 18.6. The van der Waals surface area contributed by atoms with Crippen LogP contribution in [0.25, 0.3) is 11.4 Å². The summed E-state index contributed by atoms with van der Waals surface area (Å²) in [5.41, 5.74) is 1.92. The Kier molecular flexibility index (Phi) is 5.33. The number of aryl methyl sites for hydroxylation is 1. The molecule has 1 aromatic carbocycles. The molecule has 1 aromatic heterocycles. The second-order valence-electron chi connectivity index (χ2n) is 6.68. The fraction of sp³-hybridized carbons (Fsp3) is 0.500. The second kappa shape index (κ2) is 7.65. The molecule has 2 amide bonds. The van der Waals surface area contributed by atoms with Crippen LogP contribution in [0.4, 0.5) is 4.79 Å². The largest absolute Gasteiger partial charge is 0.393 e. The van der Waals surface area contributed by atoms with Gasteiger partial charge < -0.3 is 15.3 Å². The van der Waals surface area contributed by atoms with E-state index in [0.29, 0.717) is 18.8 Å². The molecule has 7 heteroatoms. The summed E-state index contributed by atoms with van der Waals surface area (Å²) in [6.45, 7) is 4.83. The summed E-state index contributed by atoms with van der Waals surface area (Å²) in [5, 5.41) is 19.6. The molecule has 0 spiro atoms. The maximum atomic E-state index is 12.5. The van der Waals surface area contributed by atoms with Gasteiger partial charge in [0, 0.05) is 24.7 Å². The summed E-state index contributed by atoms with van der Waals surface area (Å²) >= 11 is 0. The highest BCUT2D eigenvalue weighted by Gasteiger charge is 2.29. The number of amides is 2. The van der Waals surface area contributed by atoms with Crippen LogP contribution in [0, 0.1) is 6.92 Å². The number of nitrogens with zero attached hydrogens (tertiary/aromatic N) is 3. The van der Waals surface area contributed by atoms with Crippen molar-refractivity contribution in [3.63, 3.8) is 0 Å². The number of hydrogen-bond acceptors (Lipinski definition) is 4. The van der Waals surface area contributed by atoms with Gasteiger partial charge >= 0.3 is 6.03 Å². The van der Waals surface area contributed by atoms with E-state index in [-0.39, 0.29) is 18.2 Å². The van der Waals surface area contributed by atoms with Gasteiger partial charge in [-0.05, 0) is 44.7 Å². The summed E-state index contributed by atoms with van der Waals surface area (Å²) in [6.07, 6.45) is 2.19. The van der Waals surface area contributed by atoms with E-state index in [2.05, 4.69) is 20.5 Å². The van der Waals surface area contributed by atoms with Gasteiger partial charge in [-0.15, -0.1) is 0 Å². The van der Waals surface area contributed by atoms with Gasteiger partial charge in [-0.25, -0.2) is 9.78 Å². The van der Waals surface area contributed by atoms with E-state index in [1.165, 1.54) is 0 Å². The first-order valence-corrected chi connectivity index (χ1v) is 8.74. The predicted molar refractivity (Wildman–Crippen MR) is 94.8 cm³/mol. The fourth-order valence-electron chi connectivity index (χ4n) is 3.31. The summed E-state index contributed by atoms with van der Waals surface area (Å²) in [5.74, 6) is 1.43. The van der Waals surface area contributed by atoms with Crippen LogP contribution in [-0.4, -0.2) is 49.9 Å². The second-order valence-corrected chi connectivity index (χ2v) is 6.68. The lowest BCUT2D eigenvalue weighted by molar-refractivity contribution is 0.138. The van der Waals surface area contributed by atoms with Crippen LogP contribution in [0.3, 0.4) is 0 Å². The number of H-pyrrole nitrogens is 1. The lowest BCUT2D eigenvalue weighted by Gasteiger charge is -2.26. The molecule has 1 saturated heterocycles. The van der Waals surface area contributed by atoms with Crippen molar-refractivity contribution >= 4 is 6.03 Å². The lowest BCUT2D eigenvalue weighted by atomic mass is 10.1. The molecule has 2 unspecified atom stereocenters. The Labute approximate surface area is 147 Å². The molecule has 2 aromatic rings. The van der Waals surface area contributed by atoms with Crippen LogP contribution in [0.5, 0.6) is 0 Å². The van der Waals surface area contributed by atoms with Crippen molar-refractivity contribution in [2.45, 2.75) is 51.8 Å². The number of urea groups is 1. The first-order chi connectivity index (χ1) is 12.0. The molecule has 0 radical (unpaired) electrons. The molecule has 3 rings (SSSR count). The minimum atomic E-state index is -0.389. The Bertz CT molecular complexity index is 728. The van der Waals surface area contributed by atoms with Crippen molar-refractivity contribution in [3.05, 3.63) is 35.7 Å². The first-order valence-electron chi connectivity index (χ1n) is 8.74. The van der Waals surface area contributed by atoms with Crippen LogP contribution in [0.1, 0.15) is 37.6 Å². The number of nitrogens with one attached hydrogen (secondary N) is 2. The zero-order valence-electron chi connectivity index (χ0n) is 14.7. The van der Waals surface area contributed by atoms with Crippen LogP contribution in [0.15, 0.2) is 24.3 Å². The molecular formula is C18H25N5O2. The molecule has 1 aliphatic heterocycles. The third kappa shape index (κ3) is 4.36. The van der Waals surface area contributed by atoms with E-state index in [9.17, 15) is 9.90 Å². The number of aromatic nitrogens is 3. The molecule has 3 N–H and O–H groups in total. The standard InChI is InChI=1S/C18H25N5O2/c1-12(24)9-16-7-4-8-23(16)18(25)19-11-14-5-3-6-15(10-14)17-20-13(2)21-22-17/h3,5-6,10,12,16,24H,4,7-9,11H2,1-2H3,(H,19,25)(H,20,21,22). The minimum absolute atomic E-state index is 0.0673. The lowest BCUT2D eigenvalue weighted by Crippen LogP contribution is -2.43. The van der Waals surface area contributed by atoms with Crippen molar-refractivity contribution in [1.29, 1.82) is 0 Å². The summed E-state index contributed by atoms with van der Waals surface area (Å²) in [6, 6.07) is 7.91. The van der Waals surface area contributed by atoms with E-state index in [1.807, 2.05) is 36.1 Å². The number of aliphatic hydroxyl groups is 1. The first kappa shape index (κ1) is 17.4. The van der Waals surface area contributed by atoms with Gasteiger partial charge in [-0.1, -0.05) is 18.2 Å². The minimum Gasteiger partial charge on any atom is -0.393 e. The molecule has 1 aliphatic rings. The van der Waals surface area contributed by atoms with Gasteiger partial charge in [0.05, 0.1) is 6.10 Å². The topological polar surface area (TPSA) is 94.1 Å². The number of carbonyl (C=O) groups is 1. The number of carbonyl (C=O) groups excluding carboxylic acids is 1. The van der Waals surface area contributed by atoms with Crippen molar-refractivity contribution in [3.8, 4) is 11.4 Å². The predicted octanol–water partition coefficient (Wildman–Crippen LogP) is 2.23. The van der Waals surface area contributed by atoms with Crippen molar-refractivity contribution in [2.24, 2.45) is 0 Å². The summed E-state index contributed by atoms with van der Waals surface area (Å²) < 4.78 is 0. The molecule has 0 saturated carbocycles. The van der Waals surface area contributed by atoms with Gasteiger partial charge in [0.25, 0.3) is 0 Å². The SMILES string of the molecule is Cc1nc(-c2cccc(CNC(=O)N3CCCC3CC(C)O)c2)n[nH]1. The highest BCUT2D eigenvalue weighted by Crippen LogP contribution is 2.22. The number of hydrogen-bond donors (Lipinski definition) is 3. The number of aromatic amines is 1. The molecule has 7 nitrogen and oxygen atoms in total. The molecule has 25 heavy (non-hydrogen) atoms. The quantitative estimate of drug-likeness (QED) is 0.776.